The maximum Gasteiger partial charge on any atom is 0.339 e. The van der Waals surface area contributed by atoms with Crippen molar-refractivity contribution in [2.75, 3.05) is 13.2 Å². The van der Waals surface area contributed by atoms with Crippen LogP contribution in [0, 0.1) is 6.92 Å². The number of hydrogen-bond acceptors (Lipinski definition) is 4. The highest BCUT2D eigenvalue weighted by atomic mass is 79.9. The highest BCUT2D eigenvalue weighted by Crippen LogP contribution is 2.24. The fourth-order valence-corrected chi connectivity index (χ4v) is 3.13. The number of hydrogen-bond donors (Lipinski definition) is 0. The Kier molecular flexibility index (Phi) is 5.89. The largest absolute Gasteiger partial charge is 0.490 e. The van der Waals surface area contributed by atoms with Gasteiger partial charge in [0, 0.05) is 15.6 Å². The van der Waals surface area contributed by atoms with Crippen molar-refractivity contribution in [1.29, 1.82) is 0 Å². The van der Waals surface area contributed by atoms with Gasteiger partial charge in [0.25, 0.3) is 0 Å². The lowest BCUT2D eigenvalue weighted by Crippen LogP contribution is -2.15. The molecule has 1 heterocycles. The van der Waals surface area contributed by atoms with E-state index in [2.05, 4.69) is 20.9 Å². The van der Waals surface area contributed by atoms with Crippen LogP contribution in [0.2, 0.25) is 0 Å². The van der Waals surface area contributed by atoms with Gasteiger partial charge in [-0.15, -0.1) is 0 Å². The Balaban J connectivity index is 1.71. The molecule has 0 fully saturated rings. The third-order valence-corrected chi connectivity index (χ3v) is 4.70. The van der Waals surface area contributed by atoms with E-state index in [4.69, 9.17) is 9.47 Å². The van der Waals surface area contributed by atoms with Crippen molar-refractivity contribution in [2.45, 2.75) is 20.3 Å². The second-order valence-electron chi connectivity index (χ2n) is 5.87. The Morgan fingerprint density at radius 1 is 1.08 bits per heavy atom. The van der Waals surface area contributed by atoms with E-state index in [1.54, 1.807) is 0 Å². The lowest BCUT2D eigenvalue weighted by atomic mass is 10.0. The van der Waals surface area contributed by atoms with Crippen molar-refractivity contribution < 1.29 is 14.3 Å². The number of para-hydroxylation sites is 1. The van der Waals surface area contributed by atoms with Gasteiger partial charge in [0.05, 0.1) is 11.1 Å². The van der Waals surface area contributed by atoms with Gasteiger partial charge in [-0.05, 0) is 49.2 Å². The molecule has 0 saturated carbocycles. The summed E-state index contributed by atoms with van der Waals surface area (Å²) in [5.41, 5.74) is 3.20. The number of benzene rings is 2. The zero-order valence-corrected chi connectivity index (χ0v) is 16.4. The number of aromatic nitrogens is 1. The van der Waals surface area contributed by atoms with Crippen molar-refractivity contribution in [3.05, 3.63) is 69.8 Å². The number of rotatable bonds is 6. The zero-order valence-electron chi connectivity index (χ0n) is 14.8. The molecular formula is C21H20BrNO3. The normalized spacial score (nSPS) is 10.7. The van der Waals surface area contributed by atoms with E-state index in [1.807, 2.05) is 62.4 Å². The van der Waals surface area contributed by atoms with Crippen LogP contribution in [0.5, 0.6) is 5.75 Å². The van der Waals surface area contributed by atoms with Crippen LogP contribution in [-0.4, -0.2) is 24.2 Å². The quantitative estimate of drug-likeness (QED) is 0.416. The van der Waals surface area contributed by atoms with Crippen LogP contribution >= 0.6 is 15.9 Å². The van der Waals surface area contributed by atoms with Gasteiger partial charge in [-0.3, -0.25) is 4.98 Å². The third kappa shape index (κ3) is 4.05. The van der Waals surface area contributed by atoms with E-state index in [-0.39, 0.29) is 12.6 Å². The average Bonchev–Trinajstić information content (AvgIpc) is 2.66. The Hall–Kier alpha value is -2.40. The number of nitrogens with zero attached hydrogens (tertiary/aromatic N) is 1. The van der Waals surface area contributed by atoms with Crippen molar-refractivity contribution in [3.63, 3.8) is 0 Å². The molecule has 0 aliphatic heterocycles. The standard InChI is InChI=1S/C21H20BrNO3/c1-3-18-14(2)20(17-6-4-5-7-19(17)23-18)21(24)26-13-12-25-16-10-8-15(22)9-11-16/h4-11H,3,12-13H2,1-2H3. The molecule has 0 unspecified atom stereocenters. The summed E-state index contributed by atoms with van der Waals surface area (Å²) in [6.07, 6.45) is 0.767. The lowest BCUT2D eigenvalue weighted by molar-refractivity contribution is 0.0451. The molecule has 134 valence electrons. The van der Waals surface area contributed by atoms with Gasteiger partial charge in [-0.2, -0.15) is 0 Å². The highest BCUT2D eigenvalue weighted by Gasteiger charge is 2.18. The number of fused-ring (bicyclic) bond motifs is 1. The second kappa shape index (κ2) is 8.32. The summed E-state index contributed by atoms with van der Waals surface area (Å²) in [6.45, 7) is 4.45. The molecule has 26 heavy (non-hydrogen) atoms. The summed E-state index contributed by atoms with van der Waals surface area (Å²) in [6, 6.07) is 15.2. The van der Waals surface area contributed by atoms with Gasteiger partial charge in [0.2, 0.25) is 0 Å². The summed E-state index contributed by atoms with van der Waals surface area (Å²) >= 11 is 3.38. The van der Waals surface area contributed by atoms with Crippen LogP contribution in [0.3, 0.4) is 0 Å². The van der Waals surface area contributed by atoms with Crippen molar-refractivity contribution in [2.24, 2.45) is 0 Å². The molecule has 0 amide bonds. The number of carbonyl (C=O) groups is 1. The Bertz CT molecular complexity index is 922. The highest BCUT2D eigenvalue weighted by molar-refractivity contribution is 9.10. The average molecular weight is 414 g/mol. The monoisotopic (exact) mass is 413 g/mol. The van der Waals surface area contributed by atoms with E-state index >= 15 is 0 Å². The van der Waals surface area contributed by atoms with Gasteiger partial charge in [-0.1, -0.05) is 41.1 Å². The SMILES string of the molecule is CCc1nc2ccccc2c(C(=O)OCCOc2ccc(Br)cc2)c1C. The molecule has 2 aromatic carbocycles. The van der Waals surface area contributed by atoms with E-state index < -0.39 is 0 Å². The minimum absolute atomic E-state index is 0.187. The van der Waals surface area contributed by atoms with Crippen LogP contribution in [0.1, 0.15) is 28.5 Å². The molecule has 5 heteroatoms. The first-order valence-electron chi connectivity index (χ1n) is 8.54. The summed E-state index contributed by atoms with van der Waals surface area (Å²) in [5, 5.41) is 0.820. The van der Waals surface area contributed by atoms with Crippen molar-refractivity contribution in [3.8, 4) is 5.75 Å². The minimum Gasteiger partial charge on any atom is -0.490 e. The topological polar surface area (TPSA) is 48.4 Å². The molecule has 0 saturated heterocycles. The number of ether oxygens (including phenoxy) is 2. The van der Waals surface area contributed by atoms with Gasteiger partial charge < -0.3 is 9.47 Å². The molecule has 0 bridgehead atoms. The number of halogens is 1. The first-order chi connectivity index (χ1) is 12.6. The molecule has 3 rings (SSSR count). The van der Waals surface area contributed by atoms with E-state index in [1.165, 1.54) is 0 Å². The summed E-state index contributed by atoms with van der Waals surface area (Å²) in [4.78, 5) is 17.3. The molecule has 0 radical (unpaired) electrons. The number of carbonyl (C=O) groups excluding carboxylic acids is 1. The van der Waals surface area contributed by atoms with Crippen LogP contribution in [0.4, 0.5) is 0 Å². The molecule has 0 spiro atoms. The zero-order chi connectivity index (χ0) is 18.5. The maximum atomic E-state index is 12.7. The number of aryl methyl sites for hydroxylation is 1. The Labute approximate surface area is 161 Å². The van der Waals surface area contributed by atoms with Gasteiger partial charge in [0.1, 0.15) is 19.0 Å². The van der Waals surface area contributed by atoms with Gasteiger partial charge in [0.15, 0.2) is 0 Å². The summed E-state index contributed by atoms with van der Waals surface area (Å²) in [5.74, 6) is 0.401. The van der Waals surface area contributed by atoms with E-state index in [0.29, 0.717) is 12.2 Å². The van der Waals surface area contributed by atoms with E-state index in [0.717, 1.165) is 38.8 Å². The molecule has 0 aliphatic carbocycles. The van der Waals surface area contributed by atoms with E-state index in [9.17, 15) is 4.79 Å². The van der Waals surface area contributed by atoms with Gasteiger partial charge in [-0.25, -0.2) is 4.79 Å². The summed E-state index contributed by atoms with van der Waals surface area (Å²) < 4.78 is 12.0. The predicted molar refractivity (Wildman–Crippen MR) is 106 cm³/mol. The first-order valence-corrected chi connectivity index (χ1v) is 9.33. The Morgan fingerprint density at radius 3 is 2.54 bits per heavy atom. The molecule has 0 aliphatic rings. The smallest absolute Gasteiger partial charge is 0.339 e. The van der Waals surface area contributed by atoms with Crippen LogP contribution in [0.25, 0.3) is 10.9 Å². The predicted octanol–water partition coefficient (Wildman–Crippen LogP) is 5.10. The fraction of sp³-hybridized carbons (Fsp3) is 0.238. The molecule has 0 N–H and O–H groups in total. The Morgan fingerprint density at radius 2 is 1.81 bits per heavy atom. The molecule has 1 aromatic heterocycles. The van der Waals surface area contributed by atoms with Crippen molar-refractivity contribution >= 4 is 32.8 Å². The van der Waals surface area contributed by atoms with Crippen LogP contribution < -0.4 is 4.74 Å². The molecule has 0 atom stereocenters. The maximum absolute atomic E-state index is 12.7. The molecule has 3 aromatic rings. The number of pyridine rings is 1. The van der Waals surface area contributed by atoms with Gasteiger partial charge >= 0.3 is 5.97 Å². The second-order valence-corrected chi connectivity index (χ2v) is 6.78. The third-order valence-electron chi connectivity index (χ3n) is 4.17. The summed E-state index contributed by atoms with van der Waals surface area (Å²) in [7, 11) is 0. The lowest BCUT2D eigenvalue weighted by Gasteiger charge is -2.13. The van der Waals surface area contributed by atoms with Crippen LogP contribution in [-0.2, 0) is 11.2 Å². The van der Waals surface area contributed by atoms with Crippen molar-refractivity contribution in [1.82, 2.24) is 4.98 Å². The first kappa shape index (κ1) is 18.4. The van der Waals surface area contributed by atoms with Crippen LogP contribution in [0.15, 0.2) is 53.0 Å². The number of esters is 1. The molecular weight excluding hydrogens is 394 g/mol. The molecule has 4 nitrogen and oxygen atoms in total. The minimum atomic E-state index is -0.338. The fourth-order valence-electron chi connectivity index (χ4n) is 2.86.